The Labute approximate surface area is 109 Å². The summed E-state index contributed by atoms with van der Waals surface area (Å²) in [5.41, 5.74) is 0.846. The summed E-state index contributed by atoms with van der Waals surface area (Å²) in [5, 5.41) is 8.06. The molecule has 0 saturated heterocycles. The summed E-state index contributed by atoms with van der Waals surface area (Å²) in [6.45, 7) is 0.770. The zero-order valence-electron chi connectivity index (χ0n) is 10.4. The van der Waals surface area contributed by atoms with Crippen LogP contribution in [0.4, 0.5) is 5.82 Å². The van der Waals surface area contributed by atoms with Gasteiger partial charge in [0.1, 0.15) is 18.1 Å². The van der Waals surface area contributed by atoms with E-state index in [0.717, 1.165) is 16.9 Å². The average molecular weight is 259 g/mol. The molecule has 0 aliphatic rings. The highest BCUT2D eigenvalue weighted by atomic mass is 16.5. The van der Waals surface area contributed by atoms with E-state index < -0.39 is 0 Å². The zero-order chi connectivity index (χ0) is 13.1. The van der Waals surface area contributed by atoms with Crippen LogP contribution in [0.15, 0.2) is 28.9 Å². The van der Waals surface area contributed by atoms with E-state index in [-0.39, 0.29) is 0 Å². The first kappa shape index (κ1) is 11.7. The molecule has 98 valence electrons. The van der Waals surface area contributed by atoms with Crippen molar-refractivity contribution in [1.29, 1.82) is 0 Å². The lowest BCUT2D eigenvalue weighted by molar-refractivity contribution is 0.151. The summed E-state index contributed by atoms with van der Waals surface area (Å²) < 4.78 is 9.91. The van der Waals surface area contributed by atoms with Gasteiger partial charge in [-0.15, -0.1) is 0 Å². The van der Waals surface area contributed by atoms with Gasteiger partial charge in [-0.2, -0.15) is 4.98 Å². The molecule has 3 aromatic rings. The van der Waals surface area contributed by atoms with Gasteiger partial charge < -0.3 is 19.6 Å². The molecule has 3 heterocycles. The van der Waals surface area contributed by atoms with Crippen LogP contribution in [0.5, 0.6) is 0 Å². The number of hydrogen-bond acceptors (Lipinski definition) is 6. The molecular weight excluding hydrogens is 246 g/mol. The molecular formula is C12H13N5O2. The first-order valence-electron chi connectivity index (χ1n) is 5.83. The van der Waals surface area contributed by atoms with Gasteiger partial charge in [-0.05, 0) is 18.2 Å². The summed E-state index contributed by atoms with van der Waals surface area (Å²) in [4.78, 5) is 11.6. The Balaban J connectivity index is 1.67. The summed E-state index contributed by atoms with van der Waals surface area (Å²) >= 11 is 0. The second-order valence-electron chi connectivity index (χ2n) is 4.00. The molecule has 0 radical (unpaired) electrons. The Morgan fingerprint density at radius 3 is 3.16 bits per heavy atom. The van der Waals surface area contributed by atoms with E-state index in [9.17, 15) is 0 Å². The van der Waals surface area contributed by atoms with Crippen LogP contribution in [0.2, 0.25) is 0 Å². The lowest BCUT2D eigenvalue weighted by atomic mass is 10.3. The van der Waals surface area contributed by atoms with Gasteiger partial charge in [-0.25, -0.2) is 4.98 Å². The number of fused-ring (bicyclic) bond motifs is 1. The van der Waals surface area contributed by atoms with Gasteiger partial charge in [-0.1, -0.05) is 5.16 Å². The number of H-pyrrole nitrogens is 1. The van der Waals surface area contributed by atoms with Gasteiger partial charge >= 0.3 is 0 Å². The third kappa shape index (κ3) is 2.55. The molecule has 3 rings (SSSR count). The van der Waals surface area contributed by atoms with Crippen molar-refractivity contribution in [2.75, 3.05) is 12.4 Å². The first-order chi connectivity index (χ1) is 9.35. The maximum Gasteiger partial charge on any atom is 0.252 e. The summed E-state index contributed by atoms with van der Waals surface area (Å²) in [7, 11) is 1.58. The fourth-order valence-electron chi connectivity index (χ4n) is 1.74. The highest BCUT2D eigenvalue weighted by Crippen LogP contribution is 2.13. The van der Waals surface area contributed by atoms with Crippen molar-refractivity contribution < 1.29 is 9.26 Å². The third-order valence-electron chi connectivity index (χ3n) is 2.61. The van der Waals surface area contributed by atoms with E-state index in [2.05, 4.69) is 25.4 Å². The smallest absolute Gasteiger partial charge is 0.252 e. The van der Waals surface area contributed by atoms with Crippen LogP contribution in [0.1, 0.15) is 11.7 Å². The molecule has 7 nitrogen and oxygen atoms in total. The molecule has 0 aliphatic heterocycles. The molecule has 0 saturated carbocycles. The molecule has 0 aromatic carbocycles. The van der Waals surface area contributed by atoms with Crippen molar-refractivity contribution in [3.63, 3.8) is 0 Å². The highest BCUT2D eigenvalue weighted by molar-refractivity contribution is 5.77. The van der Waals surface area contributed by atoms with Crippen LogP contribution in [-0.4, -0.2) is 27.2 Å². The van der Waals surface area contributed by atoms with Crippen molar-refractivity contribution >= 4 is 16.9 Å². The van der Waals surface area contributed by atoms with Gasteiger partial charge in [0, 0.05) is 18.7 Å². The van der Waals surface area contributed by atoms with Crippen LogP contribution < -0.4 is 5.32 Å². The van der Waals surface area contributed by atoms with Crippen LogP contribution in [0.25, 0.3) is 11.0 Å². The number of aromatic amines is 1. The van der Waals surface area contributed by atoms with Gasteiger partial charge in [0.05, 0.1) is 6.54 Å². The highest BCUT2D eigenvalue weighted by Gasteiger charge is 2.06. The molecule has 19 heavy (non-hydrogen) atoms. The molecule has 0 atom stereocenters. The van der Waals surface area contributed by atoms with Crippen LogP contribution in [-0.2, 0) is 17.9 Å². The van der Waals surface area contributed by atoms with Crippen molar-refractivity contribution in [2.24, 2.45) is 0 Å². The number of rotatable bonds is 5. The molecule has 7 heteroatoms. The lowest BCUT2D eigenvalue weighted by Crippen LogP contribution is -2.03. The topological polar surface area (TPSA) is 88.9 Å². The molecule has 0 aliphatic carbocycles. The minimum Gasteiger partial charge on any atom is -0.375 e. The number of nitrogens with zero attached hydrogens (tertiary/aromatic N) is 3. The molecule has 0 amide bonds. The fraction of sp³-hybridized carbons (Fsp3) is 0.250. The van der Waals surface area contributed by atoms with Crippen LogP contribution in [0, 0.1) is 0 Å². The minimum absolute atomic E-state index is 0.319. The molecule has 0 bridgehead atoms. The van der Waals surface area contributed by atoms with Crippen molar-refractivity contribution in [2.45, 2.75) is 13.2 Å². The predicted octanol–water partition coefficient (Wildman–Crippen LogP) is 1.70. The van der Waals surface area contributed by atoms with Gasteiger partial charge in [0.2, 0.25) is 0 Å². The van der Waals surface area contributed by atoms with Crippen LogP contribution >= 0.6 is 0 Å². The Morgan fingerprint density at radius 1 is 1.32 bits per heavy atom. The standard InChI is InChI=1S/C12H13N5O2/c1-18-7-11-15-10(17-19-11)6-14-9-3-2-8-4-5-13-12(8)16-9/h2-5H,6-7H2,1H3,(H2,13,14,16). The Hall–Kier alpha value is -2.41. The molecule has 2 N–H and O–H groups in total. The van der Waals surface area contributed by atoms with Gasteiger partial charge in [-0.3, -0.25) is 0 Å². The van der Waals surface area contributed by atoms with E-state index >= 15 is 0 Å². The minimum atomic E-state index is 0.319. The van der Waals surface area contributed by atoms with Crippen molar-refractivity contribution in [3.8, 4) is 0 Å². The third-order valence-corrected chi connectivity index (χ3v) is 2.61. The number of aromatic nitrogens is 4. The maximum atomic E-state index is 5.00. The normalized spacial score (nSPS) is 11.0. The van der Waals surface area contributed by atoms with E-state index in [4.69, 9.17) is 9.26 Å². The van der Waals surface area contributed by atoms with E-state index in [1.54, 1.807) is 7.11 Å². The first-order valence-corrected chi connectivity index (χ1v) is 5.83. The Bertz CT molecular complexity index is 675. The molecule has 0 unspecified atom stereocenters. The molecule has 0 fully saturated rings. The largest absolute Gasteiger partial charge is 0.375 e. The second-order valence-corrected chi connectivity index (χ2v) is 4.00. The monoisotopic (exact) mass is 259 g/mol. The lowest BCUT2D eigenvalue weighted by Gasteiger charge is -2.01. The Morgan fingerprint density at radius 2 is 2.26 bits per heavy atom. The zero-order valence-corrected chi connectivity index (χ0v) is 10.4. The predicted molar refractivity (Wildman–Crippen MR) is 68.4 cm³/mol. The number of anilines is 1. The maximum absolute atomic E-state index is 5.00. The van der Waals surface area contributed by atoms with E-state index in [1.807, 2.05) is 24.4 Å². The quantitative estimate of drug-likeness (QED) is 0.725. The second kappa shape index (κ2) is 5.07. The summed E-state index contributed by atoms with van der Waals surface area (Å²) in [5.74, 6) is 1.79. The number of pyridine rings is 1. The summed E-state index contributed by atoms with van der Waals surface area (Å²) in [6, 6.07) is 5.88. The van der Waals surface area contributed by atoms with Crippen LogP contribution in [0.3, 0.4) is 0 Å². The van der Waals surface area contributed by atoms with E-state index in [1.165, 1.54) is 0 Å². The van der Waals surface area contributed by atoms with Gasteiger partial charge in [0.15, 0.2) is 5.82 Å². The SMILES string of the molecule is COCc1nc(CNc2ccc3cc[nH]c3n2)no1. The van der Waals surface area contributed by atoms with Gasteiger partial charge in [0.25, 0.3) is 5.89 Å². The molecule has 3 aromatic heterocycles. The molecule has 0 spiro atoms. The average Bonchev–Trinajstić information content (AvgIpc) is 3.04. The fourth-order valence-corrected chi connectivity index (χ4v) is 1.74. The van der Waals surface area contributed by atoms with Crippen molar-refractivity contribution in [3.05, 3.63) is 36.1 Å². The number of ether oxygens (including phenoxy) is 1. The number of nitrogens with one attached hydrogen (secondary N) is 2. The Kier molecular flexibility index (Phi) is 3.11. The van der Waals surface area contributed by atoms with Crippen molar-refractivity contribution in [1.82, 2.24) is 20.1 Å². The number of methoxy groups -OCH3 is 1. The number of hydrogen-bond donors (Lipinski definition) is 2. The van der Waals surface area contributed by atoms with E-state index in [0.29, 0.717) is 24.9 Å². The summed E-state index contributed by atoms with van der Waals surface area (Å²) in [6.07, 6.45) is 1.86.